The SMILES string of the molecule is CC(=[NH2+])CCCSSCCOCCC(C)=O. The number of Topliss-reactive ketones (excluding diaryl/α,β-unsaturated/α-hetero) is 1. The number of carbonyl (C=O) groups excluding carboxylic acids is 1. The van der Waals surface area contributed by atoms with E-state index in [0.717, 1.165) is 36.7 Å². The molecule has 0 aliphatic carbocycles. The van der Waals surface area contributed by atoms with Gasteiger partial charge in [-0.1, -0.05) is 21.6 Å². The molecule has 0 bridgehead atoms. The van der Waals surface area contributed by atoms with Crippen molar-refractivity contribution in [3.63, 3.8) is 0 Å². The van der Waals surface area contributed by atoms with E-state index < -0.39 is 0 Å². The van der Waals surface area contributed by atoms with E-state index >= 15 is 0 Å². The van der Waals surface area contributed by atoms with Crippen LogP contribution in [0, 0.1) is 0 Å². The smallest absolute Gasteiger partial charge is 0.145 e. The third-order valence-electron chi connectivity index (χ3n) is 1.79. The molecule has 0 heterocycles. The van der Waals surface area contributed by atoms with E-state index in [0.29, 0.717) is 13.0 Å². The maximum absolute atomic E-state index is 10.6. The summed E-state index contributed by atoms with van der Waals surface area (Å²) < 4.78 is 5.31. The molecule has 0 saturated heterocycles. The van der Waals surface area contributed by atoms with Gasteiger partial charge >= 0.3 is 0 Å². The standard InChI is InChI=1S/C11H21NO2S2/c1-10(12)4-3-8-15-16-9-7-14-6-5-11(2)13/h12H,3-9H2,1-2H3/p+1. The topological polar surface area (TPSA) is 51.9 Å². The molecule has 3 nitrogen and oxygen atoms in total. The Morgan fingerprint density at radius 3 is 2.44 bits per heavy atom. The van der Waals surface area contributed by atoms with Crippen molar-refractivity contribution in [2.45, 2.75) is 33.1 Å². The number of rotatable bonds is 11. The Kier molecular flexibility index (Phi) is 11.5. The highest BCUT2D eigenvalue weighted by Crippen LogP contribution is 2.21. The maximum atomic E-state index is 10.6. The third-order valence-corrected chi connectivity index (χ3v) is 4.25. The van der Waals surface area contributed by atoms with E-state index in [1.807, 2.05) is 28.5 Å². The predicted molar refractivity (Wildman–Crippen MR) is 72.9 cm³/mol. The van der Waals surface area contributed by atoms with Crippen LogP contribution in [-0.2, 0) is 9.53 Å². The molecule has 0 saturated carbocycles. The fraction of sp³-hybridized carbons (Fsp3) is 0.818. The summed E-state index contributed by atoms with van der Waals surface area (Å²) in [5, 5.41) is 5.57. The van der Waals surface area contributed by atoms with Crippen molar-refractivity contribution in [1.29, 1.82) is 0 Å². The molecule has 0 aliphatic heterocycles. The Hall–Kier alpha value is -0.0000000000000000555. The summed E-state index contributed by atoms with van der Waals surface area (Å²) in [5.74, 6) is 2.30. The molecule has 0 aromatic heterocycles. The van der Waals surface area contributed by atoms with E-state index in [2.05, 4.69) is 0 Å². The number of hydrogen-bond donors (Lipinski definition) is 1. The number of ketones is 1. The molecular formula is C11H22NO2S2+. The Morgan fingerprint density at radius 2 is 1.81 bits per heavy atom. The van der Waals surface area contributed by atoms with Gasteiger partial charge in [-0.2, -0.15) is 0 Å². The summed E-state index contributed by atoms with van der Waals surface area (Å²) in [6.07, 6.45) is 2.69. The molecule has 2 N–H and O–H groups in total. The minimum atomic E-state index is 0.190. The number of nitrogens with two attached hydrogens (primary N) is 1. The maximum Gasteiger partial charge on any atom is 0.145 e. The van der Waals surface area contributed by atoms with Crippen LogP contribution in [-0.4, -0.2) is 36.2 Å². The molecule has 0 unspecified atom stereocenters. The Bertz CT molecular complexity index is 188. The van der Waals surface area contributed by atoms with Crippen molar-refractivity contribution in [2.24, 2.45) is 0 Å². The zero-order chi connectivity index (χ0) is 12.2. The second-order valence-electron chi connectivity index (χ2n) is 3.66. The largest absolute Gasteiger partial charge is 0.380 e. The Morgan fingerprint density at radius 1 is 1.12 bits per heavy atom. The zero-order valence-electron chi connectivity index (χ0n) is 10.2. The van der Waals surface area contributed by atoms with Crippen molar-refractivity contribution in [3.05, 3.63) is 0 Å². The average Bonchev–Trinajstić information content (AvgIpc) is 2.20. The van der Waals surface area contributed by atoms with Gasteiger partial charge in [-0.25, -0.2) is 0 Å². The lowest BCUT2D eigenvalue weighted by atomic mass is 10.2. The fourth-order valence-electron chi connectivity index (χ4n) is 0.939. The molecule has 0 atom stereocenters. The lowest BCUT2D eigenvalue weighted by Gasteiger charge is -2.02. The van der Waals surface area contributed by atoms with E-state index in [1.54, 1.807) is 6.92 Å². The summed E-state index contributed by atoms with van der Waals surface area (Å²) >= 11 is 0. The second-order valence-corrected chi connectivity index (χ2v) is 6.36. The van der Waals surface area contributed by atoms with Crippen LogP contribution in [0.4, 0.5) is 0 Å². The highest BCUT2D eigenvalue weighted by atomic mass is 33.1. The van der Waals surface area contributed by atoms with Crippen molar-refractivity contribution in [1.82, 2.24) is 0 Å². The summed E-state index contributed by atoms with van der Waals surface area (Å²) in [7, 11) is 3.68. The molecule has 5 heteroatoms. The second kappa shape index (κ2) is 11.5. The van der Waals surface area contributed by atoms with Gasteiger partial charge in [0.25, 0.3) is 0 Å². The van der Waals surface area contributed by atoms with Gasteiger partial charge < -0.3 is 4.74 Å². The van der Waals surface area contributed by atoms with Gasteiger partial charge in [-0.05, 0) is 13.3 Å². The molecule has 0 aliphatic rings. The summed E-state index contributed by atoms with van der Waals surface area (Å²) in [6, 6.07) is 0. The molecule has 16 heavy (non-hydrogen) atoms. The first-order chi connectivity index (χ1) is 7.63. The van der Waals surface area contributed by atoms with Gasteiger partial charge in [0.15, 0.2) is 0 Å². The molecule has 0 fully saturated rings. The number of carbonyl (C=O) groups is 1. The van der Waals surface area contributed by atoms with Gasteiger partial charge in [0.2, 0.25) is 0 Å². The lowest BCUT2D eigenvalue weighted by molar-refractivity contribution is -0.118. The molecule has 0 amide bonds. The number of ether oxygens (including phenoxy) is 1. The monoisotopic (exact) mass is 264 g/mol. The van der Waals surface area contributed by atoms with Crippen LogP contribution in [0.15, 0.2) is 0 Å². The van der Waals surface area contributed by atoms with Gasteiger partial charge in [0.05, 0.1) is 13.2 Å². The molecule has 0 aromatic carbocycles. The van der Waals surface area contributed by atoms with E-state index in [9.17, 15) is 4.79 Å². The minimum absolute atomic E-state index is 0.190. The van der Waals surface area contributed by atoms with Gasteiger partial charge in [-0.3, -0.25) is 10.2 Å². The van der Waals surface area contributed by atoms with Crippen LogP contribution in [0.5, 0.6) is 0 Å². The molecule has 0 aromatic rings. The van der Waals surface area contributed by atoms with Crippen LogP contribution in [0.25, 0.3) is 0 Å². The Balaban J connectivity index is 2.98. The van der Waals surface area contributed by atoms with Crippen LogP contribution >= 0.6 is 21.6 Å². The molecule has 0 spiro atoms. The molecule has 0 rings (SSSR count). The van der Waals surface area contributed by atoms with Gasteiger partial charge in [0.1, 0.15) is 11.5 Å². The van der Waals surface area contributed by atoms with E-state index in [4.69, 9.17) is 10.1 Å². The highest BCUT2D eigenvalue weighted by molar-refractivity contribution is 8.76. The van der Waals surface area contributed by atoms with Crippen LogP contribution in [0.2, 0.25) is 0 Å². The van der Waals surface area contributed by atoms with Crippen LogP contribution in [0.1, 0.15) is 33.1 Å². The van der Waals surface area contributed by atoms with E-state index in [-0.39, 0.29) is 5.78 Å². The van der Waals surface area contributed by atoms with Crippen LogP contribution < -0.4 is 5.41 Å². The van der Waals surface area contributed by atoms with Crippen LogP contribution in [0.3, 0.4) is 0 Å². The fourth-order valence-corrected chi connectivity index (χ4v) is 2.89. The quantitative estimate of drug-likeness (QED) is 0.348. The molecular weight excluding hydrogens is 242 g/mol. The minimum Gasteiger partial charge on any atom is -0.380 e. The number of hydrogen-bond acceptors (Lipinski definition) is 4. The first kappa shape index (κ1) is 16.0. The molecule has 0 radical (unpaired) electrons. The van der Waals surface area contributed by atoms with Crippen molar-refractivity contribution in [2.75, 3.05) is 24.7 Å². The van der Waals surface area contributed by atoms with Crippen molar-refractivity contribution >= 4 is 33.1 Å². The van der Waals surface area contributed by atoms with Gasteiger partial charge in [-0.15, -0.1) is 0 Å². The predicted octanol–water partition coefficient (Wildman–Crippen LogP) is 1.36. The van der Waals surface area contributed by atoms with E-state index in [1.165, 1.54) is 0 Å². The average molecular weight is 264 g/mol. The summed E-state index contributed by atoms with van der Waals surface area (Å²) in [5.41, 5.74) is 1.01. The Labute approximate surface area is 106 Å². The highest BCUT2D eigenvalue weighted by Gasteiger charge is 1.96. The lowest BCUT2D eigenvalue weighted by Crippen LogP contribution is -2.37. The zero-order valence-corrected chi connectivity index (χ0v) is 11.8. The third kappa shape index (κ3) is 14.0. The van der Waals surface area contributed by atoms with Crippen molar-refractivity contribution in [3.8, 4) is 0 Å². The van der Waals surface area contributed by atoms with Gasteiger partial charge in [0, 0.05) is 31.3 Å². The first-order valence-electron chi connectivity index (χ1n) is 5.52. The normalized spacial score (nSPS) is 10.4. The van der Waals surface area contributed by atoms with Crippen molar-refractivity contribution < 1.29 is 14.9 Å². The first-order valence-corrected chi connectivity index (χ1v) is 8.01. The molecule has 94 valence electrons. The summed E-state index contributed by atoms with van der Waals surface area (Å²) in [4.78, 5) is 10.6. The summed E-state index contributed by atoms with van der Waals surface area (Å²) in [6.45, 7) is 4.83.